The number of rotatable bonds is 2. The highest BCUT2D eigenvalue weighted by Crippen LogP contribution is 2.27. The first-order valence-corrected chi connectivity index (χ1v) is 7.81. The van der Waals surface area contributed by atoms with Gasteiger partial charge in [0.25, 0.3) is 0 Å². The van der Waals surface area contributed by atoms with E-state index in [0.717, 1.165) is 5.52 Å². The highest BCUT2D eigenvalue weighted by molar-refractivity contribution is 6.04. The lowest BCUT2D eigenvalue weighted by Crippen LogP contribution is -2.28. The monoisotopic (exact) mass is 328 g/mol. The van der Waals surface area contributed by atoms with E-state index in [1.54, 1.807) is 37.0 Å². The highest BCUT2D eigenvalue weighted by atomic mass is 16.5. The van der Waals surface area contributed by atoms with Gasteiger partial charge in [-0.1, -0.05) is 5.21 Å². The molecule has 1 aromatic carbocycles. The molecule has 0 aliphatic rings. The minimum atomic E-state index is -0.610. The van der Waals surface area contributed by atoms with Crippen LogP contribution < -0.4 is 5.43 Å². The quantitative estimate of drug-likeness (QED) is 0.674. The number of aryl methyl sites for hydroxylation is 1. The average molecular weight is 328 g/mol. The Kier molecular flexibility index (Phi) is 3.66. The molecule has 0 spiro atoms. The fourth-order valence-corrected chi connectivity index (χ4v) is 2.80. The number of aromatic nitrogens is 4. The maximum absolute atomic E-state index is 12.8. The second-order valence-corrected chi connectivity index (χ2v) is 6.68. The molecule has 0 fully saturated rings. The van der Waals surface area contributed by atoms with E-state index < -0.39 is 5.97 Å². The van der Waals surface area contributed by atoms with Crippen LogP contribution in [-0.2, 0) is 17.3 Å². The average Bonchev–Trinajstić information content (AvgIpc) is 2.88. The van der Waals surface area contributed by atoms with Crippen LogP contribution in [0.4, 0.5) is 0 Å². The Morgan fingerprint density at radius 1 is 1.29 bits per heavy atom. The molecular formula is C17H20N4O3. The first kappa shape index (κ1) is 16.2. The van der Waals surface area contributed by atoms with Crippen LogP contribution in [0.2, 0.25) is 0 Å². The highest BCUT2D eigenvalue weighted by Gasteiger charge is 2.24. The molecule has 0 radical (unpaired) electrons. The van der Waals surface area contributed by atoms with Gasteiger partial charge in [-0.15, -0.1) is 5.10 Å². The van der Waals surface area contributed by atoms with Crippen LogP contribution in [0.15, 0.2) is 23.1 Å². The smallest absolute Gasteiger partial charge is 0.343 e. The Hall–Kier alpha value is -2.70. The molecule has 0 saturated heterocycles. The lowest BCUT2D eigenvalue weighted by molar-refractivity contribution is 0.0524. The third kappa shape index (κ3) is 2.36. The van der Waals surface area contributed by atoms with E-state index >= 15 is 0 Å². The lowest BCUT2D eigenvalue weighted by Gasteiger charge is -2.26. The van der Waals surface area contributed by atoms with Gasteiger partial charge in [-0.25, -0.2) is 9.48 Å². The number of ether oxygens (including phenoxy) is 1. The van der Waals surface area contributed by atoms with Crippen LogP contribution in [0, 0.1) is 0 Å². The SMILES string of the molecule is CCOC(=O)c1cn(C(C)(C)C)c2c(ccc3c2nnn3C)c1=O. The van der Waals surface area contributed by atoms with Crippen LogP contribution in [0.25, 0.3) is 21.9 Å². The van der Waals surface area contributed by atoms with Crippen molar-refractivity contribution < 1.29 is 9.53 Å². The molecule has 0 saturated carbocycles. The Morgan fingerprint density at radius 2 is 2.00 bits per heavy atom. The lowest BCUT2D eigenvalue weighted by atomic mass is 10.0. The summed E-state index contributed by atoms with van der Waals surface area (Å²) in [6.45, 7) is 7.93. The van der Waals surface area contributed by atoms with Gasteiger partial charge in [-0.3, -0.25) is 4.79 Å². The van der Waals surface area contributed by atoms with Crippen molar-refractivity contribution >= 4 is 27.9 Å². The largest absolute Gasteiger partial charge is 0.462 e. The van der Waals surface area contributed by atoms with Crippen LogP contribution in [0.5, 0.6) is 0 Å². The normalized spacial score (nSPS) is 12.0. The van der Waals surface area contributed by atoms with Gasteiger partial charge in [-0.05, 0) is 39.8 Å². The molecule has 0 N–H and O–H groups in total. The van der Waals surface area contributed by atoms with Gasteiger partial charge in [0.15, 0.2) is 0 Å². The van der Waals surface area contributed by atoms with Gasteiger partial charge in [0.1, 0.15) is 11.1 Å². The summed E-state index contributed by atoms with van der Waals surface area (Å²) in [6, 6.07) is 3.51. The summed E-state index contributed by atoms with van der Waals surface area (Å²) in [6.07, 6.45) is 1.57. The molecule has 0 unspecified atom stereocenters. The zero-order valence-electron chi connectivity index (χ0n) is 14.5. The Labute approximate surface area is 138 Å². The van der Waals surface area contributed by atoms with E-state index in [0.29, 0.717) is 16.4 Å². The summed E-state index contributed by atoms with van der Waals surface area (Å²) in [7, 11) is 1.80. The number of esters is 1. The predicted octanol–water partition coefficient (Wildman–Crippen LogP) is 2.21. The molecule has 7 nitrogen and oxygen atoms in total. The molecular weight excluding hydrogens is 308 g/mol. The first-order valence-electron chi connectivity index (χ1n) is 7.81. The number of benzene rings is 1. The molecule has 3 aromatic rings. The number of hydrogen-bond donors (Lipinski definition) is 0. The summed E-state index contributed by atoms with van der Waals surface area (Å²) < 4.78 is 8.59. The Bertz CT molecular complexity index is 1010. The van der Waals surface area contributed by atoms with E-state index in [1.165, 1.54) is 0 Å². The van der Waals surface area contributed by atoms with Crippen LogP contribution >= 0.6 is 0 Å². The predicted molar refractivity (Wildman–Crippen MR) is 91.2 cm³/mol. The minimum absolute atomic E-state index is 0.0301. The maximum atomic E-state index is 12.8. The number of fused-ring (bicyclic) bond motifs is 3. The summed E-state index contributed by atoms with van der Waals surface area (Å²) in [5, 5.41) is 8.69. The summed E-state index contributed by atoms with van der Waals surface area (Å²) in [4.78, 5) is 25.0. The topological polar surface area (TPSA) is 79.0 Å². The third-order valence-corrected chi connectivity index (χ3v) is 3.96. The summed E-state index contributed by atoms with van der Waals surface area (Å²) >= 11 is 0. The van der Waals surface area contributed by atoms with Crippen molar-refractivity contribution in [1.29, 1.82) is 0 Å². The number of hydrogen-bond acceptors (Lipinski definition) is 5. The van der Waals surface area contributed by atoms with Crippen LogP contribution in [-0.4, -0.2) is 32.1 Å². The maximum Gasteiger partial charge on any atom is 0.343 e. The molecule has 0 aliphatic carbocycles. The van der Waals surface area contributed by atoms with Crippen molar-refractivity contribution in [3.05, 3.63) is 34.1 Å². The van der Waals surface area contributed by atoms with Crippen molar-refractivity contribution in [3.8, 4) is 0 Å². The van der Waals surface area contributed by atoms with E-state index in [1.807, 2.05) is 25.3 Å². The van der Waals surface area contributed by atoms with Crippen molar-refractivity contribution in [3.63, 3.8) is 0 Å². The van der Waals surface area contributed by atoms with Crippen LogP contribution in [0.3, 0.4) is 0 Å². The molecule has 2 heterocycles. The van der Waals surface area contributed by atoms with Crippen molar-refractivity contribution in [2.45, 2.75) is 33.2 Å². The second-order valence-electron chi connectivity index (χ2n) is 6.68. The Balaban J connectivity index is 2.50. The van der Waals surface area contributed by atoms with E-state index in [2.05, 4.69) is 10.3 Å². The molecule has 0 aliphatic heterocycles. The van der Waals surface area contributed by atoms with Gasteiger partial charge in [0.05, 0.1) is 17.6 Å². The number of nitrogens with zero attached hydrogens (tertiary/aromatic N) is 4. The molecule has 0 atom stereocenters. The third-order valence-electron chi connectivity index (χ3n) is 3.96. The number of carbonyl (C=O) groups excluding carboxylic acids is 1. The van der Waals surface area contributed by atoms with E-state index in [-0.39, 0.29) is 23.1 Å². The van der Waals surface area contributed by atoms with Crippen molar-refractivity contribution in [2.75, 3.05) is 6.61 Å². The summed E-state index contributed by atoms with van der Waals surface area (Å²) in [5.74, 6) is -0.610. The standard InChI is InChI=1S/C17H20N4O3/c1-6-24-16(23)11-9-21(17(2,3)4)14-10(15(11)22)7-8-12-13(14)18-19-20(12)5/h7-9H,6H2,1-5H3. The minimum Gasteiger partial charge on any atom is -0.462 e. The second kappa shape index (κ2) is 5.43. The van der Waals surface area contributed by atoms with E-state index in [4.69, 9.17) is 4.74 Å². The van der Waals surface area contributed by atoms with Gasteiger partial charge in [0, 0.05) is 24.2 Å². The van der Waals surface area contributed by atoms with Gasteiger partial charge in [0.2, 0.25) is 5.43 Å². The fraction of sp³-hybridized carbons (Fsp3) is 0.412. The molecule has 126 valence electrons. The number of pyridine rings is 1. The molecule has 0 amide bonds. The van der Waals surface area contributed by atoms with Crippen molar-refractivity contribution in [2.24, 2.45) is 7.05 Å². The summed E-state index contributed by atoms with van der Waals surface area (Å²) in [5.41, 5.74) is 1.45. The zero-order valence-corrected chi connectivity index (χ0v) is 14.5. The molecule has 0 bridgehead atoms. The number of carbonyl (C=O) groups is 1. The molecule has 3 rings (SSSR count). The first-order chi connectivity index (χ1) is 11.3. The molecule has 7 heteroatoms. The molecule has 24 heavy (non-hydrogen) atoms. The van der Waals surface area contributed by atoms with Gasteiger partial charge >= 0.3 is 5.97 Å². The van der Waals surface area contributed by atoms with Gasteiger partial charge in [-0.2, -0.15) is 0 Å². The zero-order chi connectivity index (χ0) is 17.6. The van der Waals surface area contributed by atoms with Crippen molar-refractivity contribution in [1.82, 2.24) is 19.6 Å². The Morgan fingerprint density at radius 3 is 2.62 bits per heavy atom. The van der Waals surface area contributed by atoms with Gasteiger partial charge < -0.3 is 9.30 Å². The fourth-order valence-electron chi connectivity index (χ4n) is 2.80. The van der Waals surface area contributed by atoms with Crippen LogP contribution in [0.1, 0.15) is 38.1 Å². The van der Waals surface area contributed by atoms with E-state index in [9.17, 15) is 9.59 Å². The molecule has 2 aromatic heterocycles.